The highest BCUT2D eigenvalue weighted by Gasteiger charge is 2.17. The number of hydrogen-bond acceptors (Lipinski definition) is 3. The minimum absolute atomic E-state index is 0.138. The van der Waals surface area contributed by atoms with Crippen LogP contribution in [-0.2, 0) is 4.79 Å². The molecule has 2 unspecified atom stereocenters. The number of halogens is 1. The molecule has 2 N–H and O–H groups in total. The van der Waals surface area contributed by atoms with Gasteiger partial charge in [-0.05, 0) is 49.7 Å². The molecule has 3 aromatic carbocycles. The van der Waals surface area contributed by atoms with Crippen LogP contribution in [0.1, 0.15) is 35.8 Å². The lowest BCUT2D eigenvalue weighted by atomic mass is 10.1. The highest BCUT2D eigenvalue weighted by atomic mass is 35.5. The van der Waals surface area contributed by atoms with Crippen molar-refractivity contribution in [2.24, 2.45) is 0 Å². The van der Waals surface area contributed by atoms with Gasteiger partial charge in [0.05, 0.1) is 11.1 Å². The maximum atomic E-state index is 12.6. The summed E-state index contributed by atoms with van der Waals surface area (Å²) in [4.78, 5) is 25.1. The van der Waals surface area contributed by atoms with Gasteiger partial charge in [-0.3, -0.25) is 9.59 Å². The molecule has 0 radical (unpaired) electrons. The Hall–Kier alpha value is -3.31. The highest BCUT2D eigenvalue weighted by Crippen LogP contribution is 2.24. The molecule has 30 heavy (non-hydrogen) atoms. The average molecular weight is 423 g/mol. The van der Waals surface area contributed by atoms with Gasteiger partial charge in [-0.25, -0.2) is 0 Å². The highest BCUT2D eigenvalue weighted by molar-refractivity contribution is 6.32. The normalized spacial score (nSPS) is 12.5. The van der Waals surface area contributed by atoms with Crippen LogP contribution in [0, 0.1) is 0 Å². The molecule has 0 spiro atoms. The zero-order valence-electron chi connectivity index (χ0n) is 16.8. The summed E-state index contributed by atoms with van der Waals surface area (Å²) in [5.74, 6) is -0.127. The van der Waals surface area contributed by atoms with E-state index in [-0.39, 0.29) is 17.9 Å². The number of nitrogens with one attached hydrogen (secondary N) is 2. The predicted molar refractivity (Wildman–Crippen MR) is 119 cm³/mol. The van der Waals surface area contributed by atoms with Crippen LogP contribution in [0.25, 0.3) is 0 Å². The molecule has 0 aliphatic heterocycles. The first kappa shape index (κ1) is 21.4. The molecule has 6 heteroatoms. The van der Waals surface area contributed by atoms with Crippen LogP contribution in [0.4, 0.5) is 5.69 Å². The molecule has 2 amide bonds. The van der Waals surface area contributed by atoms with Gasteiger partial charge >= 0.3 is 0 Å². The Morgan fingerprint density at radius 1 is 0.900 bits per heavy atom. The molecule has 3 rings (SSSR count). The summed E-state index contributed by atoms with van der Waals surface area (Å²) in [7, 11) is 0. The summed E-state index contributed by atoms with van der Waals surface area (Å²) in [6.45, 7) is 3.56. The molecule has 0 heterocycles. The Morgan fingerprint density at radius 3 is 2.33 bits per heavy atom. The summed E-state index contributed by atoms with van der Waals surface area (Å²) in [6.07, 6.45) is -0.763. The quantitative estimate of drug-likeness (QED) is 0.547. The van der Waals surface area contributed by atoms with E-state index < -0.39 is 6.10 Å². The number of benzene rings is 3. The van der Waals surface area contributed by atoms with E-state index in [1.807, 2.05) is 37.3 Å². The number of hydrogen-bond donors (Lipinski definition) is 2. The van der Waals surface area contributed by atoms with E-state index in [9.17, 15) is 9.59 Å². The van der Waals surface area contributed by atoms with Gasteiger partial charge < -0.3 is 15.4 Å². The SMILES string of the molecule is CC(Oc1ccccc1Cl)C(=O)Nc1cccc(C(=O)NC(C)c2ccccc2)c1. The Balaban J connectivity index is 1.62. The summed E-state index contributed by atoms with van der Waals surface area (Å²) in [5, 5.41) is 6.17. The van der Waals surface area contributed by atoms with Crippen molar-refractivity contribution in [3.8, 4) is 5.75 Å². The maximum absolute atomic E-state index is 12.6. The van der Waals surface area contributed by atoms with E-state index in [1.165, 1.54) is 0 Å². The van der Waals surface area contributed by atoms with Crippen molar-refractivity contribution in [1.82, 2.24) is 5.32 Å². The van der Waals surface area contributed by atoms with Crippen LogP contribution in [-0.4, -0.2) is 17.9 Å². The van der Waals surface area contributed by atoms with Crippen molar-refractivity contribution in [2.45, 2.75) is 26.0 Å². The van der Waals surface area contributed by atoms with Gasteiger partial charge in [-0.1, -0.05) is 60.1 Å². The number of anilines is 1. The van der Waals surface area contributed by atoms with Gasteiger partial charge in [0, 0.05) is 11.3 Å². The standard InChI is InChI=1S/C24H23ClN2O3/c1-16(18-9-4-3-5-10-18)26-24(29)19-11-8-12-20(15-19)27-23(28)17(2)30-22-14-7-6-13-21(22)25/h3-17H,1-2H3,(H,26,29)(H,27,28). The molecule has 0 bridgehead atoms. The number of para-hydroxylation sites is 1. The fraction of sp³-hybridized carbons (Fsp3) is 0.167. The Bertz CT molecular complexity index is 1020. The van der Waals surface area contributed by atoms with Gasteiger partial charge in [0.2, 0.25) is 0 Å². The summed E-state index contributed by atoms with van der Waals surface area (Å²) >= 11 is 6.07. The fourth-order valence-corrected chi connectivity index (χ4v) is 3.05. The molecule has 0 fully saturated rings. The average Bonchev–Trinajstić information content (AvgIpc) is 2.76. The number of carbonyl (C=O) groups excluding carboxylic acids is 2. The molecule has 0 aromatic heterocycles. The van der Waals surface area contributed by atoms with Crippen LogP contribution in [0.15, 0.2) is 78.9 Å². The van der Waals surface area contributed by atoms with Gasteiger partial charge in [0.1, 0.15) is 5.75 Å². The number of ether oxygens (including phenoxy) is 1. The molecule has 0 aliphatic rings. The van der Waals surface area contributed by atoms with Crippen LogP contribution < -0.4 is 15.4 Å². The second kappa shape index (κ2) is 9.94. The lowest BCUT2D eigenvalue weighted by Gasteiger charge is -2.17. The summed E-state index contributed by atoms with van der Waals surface area (Å²) in [6, 6.07) is 23.3. The van der Waals surface area contributed by atoms with E-state index in [1.54, 1.807) is 55.5 Å². The van der Waals surface area contributed by atoms with Crippen molar-refractivity contribution in [3.05, 3.63) is 95.0 Å². The third-order valence-corrected chi connectivity index (χ3v) is 4.86. The van der Waals surface area contributed by atoms with E-state index in [4.69, 9.17) is 16.3 Å². The second-order valence-corrected chi connectivity index (χ2v) is 7.27. The van der Waals surface area contributed by atoms with Crippen molar-refractivity contribution in [2.75, 3.05) is 5.32 Å². The van der Waals surface area contributed by atoms with Crippen molar-refractivity contribution in [3.63, 3.8) is 0 Å². The Labute approximate surface area is 181 Å². The monoisotopic (exact) mass is 422 g/mol. The van der Waals surface area contributed by atoms with Crippen LogP contribution in [0.3, 0.4) is 0 Å². The Morgan fingerprint density at radius 2 is 1.60 bits per heavy atom. The van der Waals surface area contributed by atoms with Crippen LogP contribution >= 0.6 is 11.6 Å². The minimum atomic E-state index is -0.763. The van der Waals surface area contributed by atoms with E-state index in [2.05, 4.69) is 10.6 Å². The summed E-state index contributed by atoms with van der Waals surface area (Å²) < 4.78 is 5.64. The predicted octanol–water partition coefficient (Wildman–Crippen LogP) is 5.24. The topological polar surface area (TPSA) is 67.4 Å². The van der Waals surface area contributed by atoms with E-state index in [0.29, 0.717) is 22.0 Å². The van der Waals surface area contributed by atoms with Gasteiger partial charge in [0.25, 0.3) is 11.8 Å². The number of amides is 2. The first-order valence-electron chi connectivity index (χ1n) is 9.62. The van der Waals surface area contributed by atoms with Crippen molar-refractivity contribution >= 4 is 29.1 Å². The number of carbonyl (C=O) groups is 2. The first-order chi connectivity index (χ1) is 14.4. The number of rotatable bonds is 7. The third-order valence-electron chi connectivity index (χ3n) is 4.55. The molecule has 5 nitrogen and oxygen atoms in total. The van der Waals surface area contributed by atoms with Crippen molar-refractivity contribution < 1.29 is 14.3 Å². The van der Waals surface area contributed by atoms with Gasteiger partial charge in [0.15, 0.2) is 6.10 Å². The lowest BCUT2D eigenvalue weighted by Crippen LogP contribution is -2.30. The van der Waals surface area contributed by atoms with Crippen molar-refractivity contribution in [1.29, 1.82) is 0 Å². The molecule has 154 valence electrons. The lowest BCUT2D eigenvalue weighted by molar-refractivity contribution is -0.122. The summed E-state index contributed by atoms with van der Waals surface area (Å²) in [5.41, 5.74) is 1.98. The minimum Gasteiger partial charge on any atom is -0.479 e. The van der Waals surface area contributed by atoms with Crippen LogP contribution in [0.2, 0.25) is 5.02 Å². The zero-order valence-corrected chi connectivity index (χ0v) is 17.5. The molecule has 0 aliphatic carbocycles. The maximum Gasteiger partial charge on any atom is 0.265 e. The zero-order chi connectivity index (χ0) is 21.5. The molecule has 2 atom stereocenters. The Kier molecular flexibility index (Phi) is 7.09. The van der Waals surface area contributed by atoms with E-state index >= 15 is 0 Å². The largest absolute Gasteiger partial charge is 0.479 e. The third kappa shape index (κ3) is 5.61. The van der Waals surface area contributed by atoms with Gasteiger partial charge in [-0.15, -0.1) is 0 Å². The molecule has 0 saturated heterocycles. The smallest absolute Gasteiger partial charge is 0.265 e. The van der Waals surface area contributed by atoms with E-state index in [0.717, 1.165) is 5.56 Å². The second-order valence-electron chi connectivity index (χ2n) is 6.87. The van der Waals surface area contributed by atoms with Gasteiger partial charge in [-0.2, -0.15) is 0 Å². The fourth-order valence-electron chi connectivity index (χ4n) is 2.87. The molecular weight excluding hydrogens is 400 g/mol. The van der Waals surface area contributed by atoms with Crippen LogP contribution in [0.5, 0.6) is 5.75 Å². The molecule has 3 aromatic rings. The first-order valence-corrected chi connectivity index (χ1v) is 10.00. The molecular formula is C24H23ClN2O3. The molecule has 0 saturated carbocycles.